The van der Waals surface area contributed by atoms with E-state index in [1.165, 1.54) is 0 Å². The first-order chi connectivity index (χ1) is 11.4. The van der Waals surface area contributed by atoms with Gasteiger partial charge in [0, 0.05) is 23.1 Å². The summed E-state index contributed by atoms with van der Waals surface area (Å²) in [6, 6.07) is 5.21. The number of nitrogens with one attached hydrogen (secondary N) is 2. The fraction of sp³-hybridized carbons (Fsp3) is 0.529. The Hall–Kier alpha value is -1.60. The Balaban J connectivity index is 2.52. The van der Waals surface area contributed by atoms with E-state index >= 15 is 0 Å². The number of carbonyl (C=O) groups excluding carboxylic acids is 2. The van der Waals surface area contributed by atoms with Gasteiger partial charge in [-0.2, -0.15) is 0 Å². The number of nitrogens with zero attached hydrogens (tertiary/aromatic N) is 1. The lowest BCUT2D eigenvalue weighted by Crippen LogP contribution is -2.47. The molecule has 0 saturated carbocycles. The number of hydrogen-bond donors (Lipinski definition) is 2. The molecule has 6 nitrogen and oxygen atoms in total. The van der Waals surface area contributed by atoms with Gasteiger partial charge in [-0.3, -0.25) is 14.5 Å². The van der Waals surface area contributed by atoms with Crippen molar-refractivity contribution in [3.05, 3.63) is 28.2 Å². The average Bonchev–Trinajstić information content (AvgIpc) is 2.52. The molecule has 0 radical (unpaired) electrons. The van der Waals surface area contributed by atoms with Crippen LogP contribution in [0.15, 0.2) is 22.7 Å². The van der Waals surface area contributed by atoms with Crippen molar-refractivity contribution >= 4 is 27.7 Å². The smallest absolute Gasteiger partial charge is 0.242 e. The summed E-state index contributed by atoms with van der Waals surface area (Å²) in [5.74, 6) is 0.421. The van der Waals surface area contributed by atoms with Crippen LogP contribution in [0.2, 0.25) is 0 Å². The minimum Gasteiger partial charge on any atom is -0.496 e. The molecule has 0 aliphatic heterocycles. The van der Waals surface area contributed by atoms with Crippen molar-refractivity contribution in [2.24, 2.45) is 0 Å². The van der Waals surface area contributed by atoms with E-state index in [2.05, 4.69) is 26.6 Å². The zero-order valence-corrected chi connectivity index (χ0v) is 16.3. The van der Waals surface area contributed by atoms with Crippen LogP contribution in [-0.2, 0) is 16.1 Å². The molecule has 0 fully saturated rings. The zero-order valence-electron chi connectivity index (χ0n) is 14.7. The number of hydrogen-bond acceptors (Lipinski definition) is 4. The van der Waals surface area contributed by atoms with Gasteiger partial charge in [-0.25, -0.2) is 0 Å². The molecule has 2 N–H and O–H groups in total. The summed E-state index contributed by atoms with van der Waals surface area (Å²) < 4.78 is 6.29. The molecule has 0 unspecified atom stereocenters. The van der Waals surface area contributed by atoms with E-state index in [1.54, 1.807) is 14.0 Å². The lowest BCUT2D eigenvalue weighted by atomic mass is 10.2. The minimum atomic E-state index is -0.544. The first kappa shape index (κ1) is 20.4. The van der Waals surface area contributed by atoms with Gasteiger partial charge in [0.05, 0.1) is 13.7 Å². The van der Waals surface area contributed by atoms with Crippen LogP contribution in [0.4, 0.5) is 0 Å². The first-order valence-corrected chi connectivity index (χ1v) is 8.74. The van der Waals surface area contributed by atoms with E-state index in [0.29, 0.717) is 13.1 Å². The minimum absolute atomic E-state index is 0.165. The molecule has 2 amide bonds. The van der Waals surface area contributed by atoms with Crippen LogP contribution in [0, 0.1) is 0 Å². The highest BCUT2D eigenvalue weighted by molar-refractivity contribution is 9.10. The molecule has 0 spiro atoms. The van der Waals surface area contributed by atoms with Crippen LogP contribution in [0.1, 0.15) is 25.8 Å². The fourth-order valence-electron chi connectivity index (χ4n) is 2.22. The maximum absolute atomic E-state index is 12.1. The predicted octanol–water partition coefficient (Wildman–Crippen LogP) is 1.92. The van der Waals surface area contributed by atoms with Crippen LogP contribution >= 0.6 is 15.9 Å². The number of likely N-dealkylation sites (N-methyl/N-ethyl adjacent to an activating group) is 1. The molecule has 0 bridgehead atoms. The Labute approximate surface area is 152 Å². The van der Waals surface area contributed by atoms with Crippen LogP contribution in [0.3, 0.4) is 0 Å². The Kier molecular flexibility index (Phi) is 8.78. The second kappa shape index (κ2) is 10.3. The van der Waals surface area contributed by atoms with E-state index in [-0.39, 0.29) is 18.4 Å². The normalized spacial score (nSPS) is 11.9. The molecule has 134 valence electrons. The van der Waals surface area contributed by atoms with E-state index in [4.69, 9.17) is 4.74 Å². The topological polar surface area (TPSA) is 70.7 Å². The van der Waals surface area contributed by atoms with Crippen molar-refractivity contribution < 1.29 is 14.3 Å². The lowest BCUT2D eigenvalue weighted by molar-refractivity contribution is -0.129. The van der Waals surface area contributed by atoms with Gasteiger partial charge < -0.3 is 15.4 Å². The number of methoxy groups -OCH3 is 1. The molecule has 0 saturated heterocycles. The van der Waals surface area contributed by atoms with Crippen molar-refractivity contribution in [3.63, 3.8) is 0 Å². The van der Waals surface area contributed by atoms with Gasteiger partial charge in [0.25, 0.3) is 0 Å². The van der Waals surface area contributed by atoms with Gasteiger partial charge in [0.2, 0.25) is 11.8 Å². The quantitative estimate of drug-likeness (QED) is 0.665. The SMILES string of the molecule is CCCNC(=O)[C@H](C)NC(=O)CN(C)Cc1cc(Br)ccc1OC. The summed E-state index contributed by atoms with van der Waals surface area (Å²) in [6.07, 6.45) is 0.865. The Morgan fingerprint density at radius 2 is 2.08 bits per heavy atom. The van der Waals surface area contributed by atoms with Crippen LogP contribution in [0.25, 0.3) is 0 Å². The fourth-order valence-corrected chi connectivity index (χ4v) is 2.63. The molecule has 7 heteroatoms. The van der Waals surface area contributed by atoms with Gasteiger partial charge in [0.15, 0.2) is 0 Å². The van der Waals surface area contributed by atoms with Crippen molar-refractivity contribution in [3.8, 4) is 5.75 Å². The highest BCUT2D eigenvalue weighted by Gasteiger charge is 2.16. The van der Waals surface area contributed by atoms with Crippen molar-refractivity contribution in [1.29, 1.82) is 0 Å². The van der Waals surface area contributed by atoms with Gasteiger partial charge in [-0.05, 0) is 38.6 Å². The summed E-state index contributed by atoms with van der Waals surface area (Å²) in [7, 11) is 3.47. The summed E-state index contributed by atoms with van der Waals surface area (Å²) in [4.78, 5) is 25.7. The Morgan fingerprint density at radius 3 is 2.71 bits per heavy atom. The standard InChI is InChI=1S/C17H26BrN3O3/c1-5-8-19-17(23)12(2)20-16(22)11-21(3)10-13-9-14(18)6-7-15(13)24-4/h6-7,9,12H,5,8,10-11H2,1-4H3,(H,19,23)(H,20,22)/t12-/m0/s1. The van der Waals surface area contributed by atoms with E-state index in [1.807, 2.05) is 37.1 Å². The predicted molar refractivity (Wildman–Crippen MR) is 97.9 cm³/mol. The highest BCUT2D eigenvalue weighted by atomic mass is 79.9. The average molecular weight is 400 g/mol. The van der Waals surface area contributed by atoms with Crippen molar-refractivity contribution in [2.45, 2.75) is 32.9 Å². The lowest BCUT2D eigenvalue weighted by Gasteiger charge is -2.20. The third kappa shape index (κ3) is 6.88. The highest BCUT2D eigenvalue weighted by Crippen LogP contribution is 2.23. The summed E-state index contributed by atoms with van der Waals surface area (Å²) >= 11 is 3.44. The van der Waals surface area contributed by atoms with E-state index < -0.39 is 6.04 Å². The largest absolute Gasteiger partial charge is 0.496 e. The molecular formula is C17H26BrN3O3. The number of halogens is 1. The molecule has 0 heterocycles. The maximum Gasteiger partial charge on any atom is 0.242 e. The molecule has 1 aromatic carbocycles. The number of carbonyl (C=O) groups is 2. The van der Waals surface area contributed by atoms with Crippen molar-refractivity contribution in [1.82, 2.24) is 15.5 Å². The second-order valence-corrected chi connectivity index (χ2v) is 6.62. The Morgan fingerprint density at radius 1 is 1.38 bits per heavy atom. The van der Waals surface area contributed by atoms with E-state index in [9.17, 15) is 9.59 Å². The summed E-state index contributed by atoms with van der Waals surface area (Å²) in [5.41, 5.74) is 0.982. The first-order valence-electron chi connectivity index (χ1n) is 7.95. The molecule has 0 aliphatic carbocycles. The van der Waals surface area contributed by atoms with Crippen molar-refractivity contribution in [2.75, 3.05) is 27.2 Å². The summed E-state index contributed by atoms with van der Waals surface area (Å²) in [5, 5.41) is 5.47. The zero-order chi connectivity index (χ0) is 18.1. The molecule has 1 aromatic rings. The molecule has 1 rings (SSSR count). The monoisotopic (exact) mass is 399 g/mol. The molecular weight excluding hydrogens is 374 g/mol. The molecule has 1 atom stereocenters. The number of amides is 2. The Bertz CT molecular complexity index is 566. The molecule has 24 heavy (non-hydrogen) atoms. The van der Waals surface area contributed by atoms with E-state index in [0.717, 1.165) is 22.2 Å². The molecule has 0 aliphatic rings. The van der Waals surface area contributed by atoms with Gasteiger partial charge in [-0.1, -0.05) is 22.9 Å². The van der Waals surface area contributed by atoms with Crippen LogP contribution in [-0.4, -0.2) is 50.0 Å². The van der Waals surface area contributed by atoms with Gasteiger partial charge in [-0.15, -0.1) is 0 Å². The maximum atomic E-state index is 12.1. The number of benzene rings is 1. The second-order valence-electron chi connectivity index (χ2n) is 5.71. The van der Waals surface area contributed by atoms with Gasteiger partial charge >= 0.3 is 0 Å². The number of rotatable bonds is 9. The van der Waals surface area contributed by atoms with Crippen LogP contribution in [0.5, 0.6) is 5.75 Å². The molecule has 0 aromatic heterocycles. The summed E-state index contributed by atoms with van der Waals surface area (Å²) in [6.45, 7) is 5.03. The van der Waals surface area contributed by atoms with Crippen LogP contribution < -0.4 is 15.4 Å². The third-order valence-electron chi connectivity index (χ3n) is 3.42. The number of ether oxygens (including phenoxy) is 1. The third-order valence-corrected chi connectivity index (χ3v) is 3.91. The van der Waals surface area contributed by atoms with Gasteiger partial charge in [0.1, 0.15) is 11.8 Å².